The monoisotopic (exact) mass is 361 g/mol. The lowest BCUT2D eigenvalue weighted by molar-refractivity contribution is -0.115. The summed E-state index contributed by atoms with van der Waals surface area (Å²) in [6.45, 7) is 1.87. The Morgan fingerprint density at radius 2 is 2.00 bits per heavy atom. The predicted molar refractivity (Wildman–Crippen MR) is 98.1 cm³/mol. The number of anilines is 1. The molecule has 2 aromatic rings. The van der Waals surface area contributed by atoms with E-state index in [1.807, 2.05) is 37.3 Å². The molecule has 0 spiro atoms. The van der Waals surface area contributed by atoms with Gasteiger partial charge in [-0.25, -0.2) is 4.79 Å². The number of hydrogen-bond donors (Lipinski definition) is 1. The Hall–Kier alpha value is -1.79. The van der Waals surface area contributed by atoms with Crippen LogP contribution in [0.5, 0.6) is 0 Å². The maximum Gasteiger partial charge on any atom is 0.341 e. The quantitative estimate of drug-likeness (QED) is 0.642. The molecule has 0 bridgehead atoms. The van der Waals surface area contributed by atoms with E-state index in [0.717, 1.165) is 29.7 Å². The number of benzene rings is 1. The largest absolute Gasteiger partial charge is 0.465 e. The van der Waals surface area contributed by atoms with E-state index in [1.54, 1.807) is 0 Å². The summed E-state index contributed by atoms with van der Waals surface area (Å²) in [4.78, 5) is 26.9. The summed E-state index contributed by atoms with van der Waals surface area (Å²) in [6.07, 6.45) is 2.90. The van der Waals surface area contributed by atoms with Crippen molar-refractivity contribution >= 4 is 40.0 Å². The number of ether oxygens (including phenoxy) is 1. The zero-order chi connectivity index (χ0) is 17.1. The van der Waals surface area contributed by atoms with Crippen molar-refractivity contribution in [2.45, 2.75) is 36.3 Å². The molecule has 0 unspecified atom stereocenters. The van der Waals surface area contributed by atoms with Crippen LogP contribution in [0.1, 0.15) is 34.1 Å². The number of carbonyl (C=O) groups excluding carboxylic acids is 2. The normalized spacial score (nSPS) is 14.1. The molecule has 1 amide bonds. The highest BCUT2D eigenvalue weighted by Crippen LogP contribution is 2.39. The number of nitrogens with one attached hydrogen (secondary N) is 1. The summed E-state index contributed by atoms with van der Waals surface area (Å²) >= 11 is 3.00. The molecule has 126 valence electrons. The molecule has 3 rings (SSSR count). The highest BCUT2D eigenvalue weighted by atomic mass is 32.2. The van der Waals surface area contributed by atoms with Gasteiger partial charge in [-0.3, -0.25) is 4.79 Å². The highest BCUT2D eigenvalue weighted by Gasteiger charge is 2.28. The average molecular weight is 361 g/mol. The SMILES string of the molecule is COC(=O)c1c(NC(=O)[C@@H](C)Sc2ccccc2)sc2c1CCC2. The van der Waals surface area contributed by atoms with Gasteiger partial charge < -0.3 is 10.1 Å². The molecule has 4 nitrogen and oxygen atoms in total. The zero-order valence-corrected chi connectivity index (χ0v) is 15.3. The van der Waals surface area contributed by atoms with E-state index in [9.17, 15) is 9.59 Å². The Bertz CT molecular complexity index is 755. The maximum atomic E-state index is 12.5. The molecule has 1 aromatic carbocycles. The van der Waals surface area contributed by atoms with Crippen molar-refractivity contribution in [1.82, 2.24) is 0 Å². The fourth-order valence-electron chi connectivity index (χ4n) is 2.78. The van der Waals surface area contributed by atoms with Crippen LogP contribution >= 0.6 is 23.1 Å². The first kappa shape index (κ1) is 17.0. The van der Waals surface area contributed by atoms with Crippen LogP contribution in [0.15, 0.2) is 35.2 Å². The first-order valence-electron chi connectivity index (χ1n) is 7.85. The van der Waals surface area contributed by atoms with E-state index in [2.05, 4.69) is 5.32 Å². The Balaban J connectivity index is 1.76. The standard InChI is InChI=1S/C18H19NO3S2/c1-11(23-12-7-4-3-5-8-12)16(20)19-17-15(18(21)22-2)13-9-6-10-14(13)24-17/h3-5,7-8,11H,6,9-10H2,1-2H3,(H,19,20)/t11-/m1/s1. The Labute approximate surface area is 149 Å². The third-order valence-corrected chi connectivity index (χ3v) is 6.29. The molecule has 1 N–H and O–H groups in total. The van der Waals surface area contributed by atoms with E-state index in [-0.39, 0.29) is 17.1 Å². The summed E-state index contributed by atoms with van der Waals surface area (Å²) in [5.41, 5.74) is 1.59. The van der Waals surface area contributed by atoms with Gasteiger partial charge >= 0.3 is 5.97 Å². The van der Waals surface area contributed by atoms with Gasteiger partial charge in [0.25, 0.3) is 0 Å². The van der Waals surface area contributed by atoms with Crippen LogP contribution in [0, 0.1) is 0 Å². The van der Waals surface area contributed by atoms with Crippen LogP contribution in [0.2, 0.25) is 0 Å². The molecule has 6 heteroatoms. The molecule has 0 fully saturated rings. The number of fused-ring (bicyclic) bond motifs is 1. The van der Waals surface area contributed by atoms with Crippen molar-refractivity contribution in [1.29, 1.82) is 0 Å². The molecule has 24 heavy (non-hydrogen) atoms. The molecule has 1 aromatic heterocycles. The van der Waals surface area contributed by atoms with Crippen LogP contribution in [0.4, 0.5) is 5.00 Å². The Morgan fingerprint density at radius 3 is 2.71 bits per heavy atom. The second-order valence-corrected chi connectivity index (χ2v) is 8.13. The van der Waals surface area contributed by atoms with Gasteiger partial charge in [0.2, 0.25) is 5.91 Å². The smallest absolute Gasteiger partial charge is 0.341 e. The number of esters is 1. The summed E-state index contributed by atoms with van der Waals surface area (Å²) in [5.74, 6) is -0.470. The lowest BCUT2D eigenvalue weighted by Crippen LogP contribution is -2.23. The maximum absolute atomic E-state index is 12.5. The van der Waals surface area contributed by atoms with Crippen molar-refractivity contribution in [2.75, 3.05) is 12.4 Å². The molecule has 1 atom stereocenters. The van der Waals surface area contributed by atoms with E-state index in [4.69, 9.17) is 4.74 Å². The van der Waals surface area contributed by atoms with Gasteiger partial charge in [-0.05, 0) is 43.9 Å². The number of methoxy groups -OCH3 is 1. The number of hydrogen-bond acceptors (Lipinski definition) is 5. The molecule has 1 aliphatic carbocycles. The van der Waals surface area contributed by atoms with E-state index >= 15 is 0 Å². The second kappa shape index (κ2) is 7.40. The Morgan fingerprint density at radius 1 is 1.25 bits per heavy atom. The first-order valence-corrected chi connectivity index (χ1v) is 9.55. The number of rotatable bonds is 5. The third kappa shape index (κ3) is 3.49. The van der Waals surface area contributed by atoms with Crippen LogP contribution in [-0.2, 0) is 22.4 Å². The fraction of sp³-hybridized carbons (Fsp3) is 0.333. The van der Waals surface area contributed by atoms with E-state index < -0.39 is 0 Å². The summed E-state index contributed by atoms with van der Waals surface area (Å²) in [6, 6.07) is 9.81. The van der Waals surface area contributed by atoms with E-state index in [1.165, 1.54) is 35.1 Å². The number of aryl methyl sites for hydroxylation is 1. The average Bonchev–Trinajstić information content (AvgIpc) is 3.15. The second-order valence-electron chi connectivity index (χ2n) is 5.62. The van der Waals surface area contributed by atoms with Crippen LogP contribution in [0.25, 0.3) is 0 Å². The van der Waals surface area contributed by atoms with Gasteiger partial charge in [0.05, 0.1) is 17.9 Å². The lowest BCUT2D eigenvalue weighted by atomic mass is 10.1. The van der Waals surface area contributed by atoms with Gasteiger partial charge in [-0.15, -0.1) is 23.1 Å². The molecular weight excluding hydrogens is 342 g/mol. The van der Waals surface area contributed by atoms with Crippen LogP contribution in [-0.4, -0.2) is 24.2 Å². The molecule has 0 radical (unpaired) electrons. The van der Waals surface area contributed by atoms with E-state index in [0.29, 0.717) is 10.6 Å². The third-order valence-electron chi connectivity index (χ3n) is 3.97. The number of thioether (sulfide) groups is 1. The summed E-state index contributed by atoms with van der Waals surface area (Å²) in [5, 5.41) is 3.30. The highest BCUT2D eigenvalue weighted by molar-refractivity contribution is 8.00. The van der Waals surface area contributed by atoms with Crippen LogP contribution in [0.3, 0.4) is 0 Å². The lowest BCUT2D eigenvalue weighted by Gasteiger charge is -2.12. The predicted octanol–water partition coefficient (Wildman–Crippen LogP) is 4.14. The van der Waals surface area contributed by atoms with Gasteiger partial charge in [-0.2, -0.15) is 0 Å². The van der Waals surface area contributed by atoms with Gasteiger partial charge in [0.15, 0.2) is 0 Å². The molecule has 0 saturated heterocycles. The van der Waals surface area contributed by atoms with Crippen molar-refractivity contribution in [2.24, 2.45) is 0 Å². The van der Waals surface area contributed by atoms with Crippen molar-refractivity contribution in [3.63, 3.8) is 0 Å². The number of amides is 1. The molecule has 1 heterocycles. The first-order chi connectivity index (χ1) is 11.6. The van der Waals surface area contributed by atoms with Crippen molar-refractivity contribution in [3.05, 3.63) is 46.3 Å². The van der Waals surface area contributed by atoms with Crippen LogP contribution < -0.4 is 5.32 Å². The van der Waals surface area contributed by atoms with Gasteiger partial charge in [-0.1, -0.05) is 18.2 Å². The van der Waals surface area contributed by atoms with Crippen molar-refractivity contribution < 1.29 is 14.3 Å². The zero-order valence-electron chi connectivity index (χ0n) is 13.6. The van der Waals surface area contributed by atoms with Gasteiger partial charge in [0.1, 0.15) is 5.00 Å². The number of carbonyl (C=O) groups is 2. The fourth-order valence-corrected chi connectivity index (χ4v) is 4.95. The summed E-state index contributed by atoms with van der Waals surface area (Å²) in [7, 11) is 1.38. The minimum Gasteiger partial charge on any atom is -0.465 e. The van der Waals surface area contributed by atoms with Crippen molar-refractivity contribution in [3.8, 4) is 0 Å². The minimum atomic E-state index is -0.368. The topological polar surface area (TPSA) is 55.4 Å². The summed E-state index contributed by atoms with van der Waals surface area (Å²) < 4.78 is 4.91. The molecule has 0 saturated carbocycles. The molecule has 1 aliphatic rings. The van der Waals surface area contributed by atoms with Gasteiger partial charge in [0, 0.05) is 9.77 Å². The molecule has 0 aliphatic heterocycles. The minimum absolute atomic E-state index is 0.103. The molecular formula is C18H19NO3S2. The number of thiophene rings is 1. The Kier molecular flexibility index (Phi) is 5.26.